The summed E-state index contributed by atoms with van der Waals surface area (Å²) in [6.07, 6.45) is 6.52. The summed E-state index contributed by atoms with van der Waals surface area (Å²) in [6, 6.07) is 13.5. The van der Waals surface area contributed by atoms with E-state index >= 15 is 0 Å². The molecule has 0 spiro atoms. The predicted octanol–water partition coefficient (Wildman–Crippen LogP) is 3.59. The van der Waals surface area contributed by atoms with E-state index in [0.717, 1.165) is 23.2 Å². The van der Waals surface area contributed by atoms with E-state index in [2.05, 4.69) is 35.7 Å². The largest absolute Gasteiger partial charge is 0.395 e. The third-order valence-corrected chi connectivity index (χ3v) is 9.38. The second-order valence-electron chi connectivity index (χ2n) is 9.42. The lowest BCUT2D eigenvalue weighted by molar-refractivity contribution is 0.0585. The van der Waals surface area contributed by atoms with Crippen molar-refractivity contribution in [2.45, 2.75) is 38.0 Å². The third-order valence-electron chi connectivity index (χ3n) is 7.39. The molecule has 0 radical (unpaired) electrons. The summed E-state index contributed by atoms with van der Waals surface area (Å²) in [7, 11) is -3.56. The molecule has 1 aromatic carbocycles. The molecule has 2 aromatic rings. The topological polar surface area (TPSA) is 103 Å². The minimum atomic E-state index is -3.56. The van der Waals surface area contributed by atoms with Gasteiger partial charge in [-0.3, -0.25) is 4.98 Å². The van der Waals surface area contributed by atoms with Crippen molar-refractivity contribution in [3.63, 3.8) is 0 Å². The molecular weight excluding hydrogens is 422 g/mol. The Balaban J connectivity index is 1.63. The van der Waals surface area contributed by atoms with Gasteiger partial charge in [0, 0.05) is 28.8 Å². The van der Waals surface area contributed by atoms with Crippen LogP contribution >= 0.6 is 0 Å². The molecule has 2 aliphatic rings. The average Bonchev–Trinajstić information content (AvgIpc) is 2.98. The van der Waals surface area contributed by atoms with Crippen LogP contribution in [0.2, 0.25) is 0 Å². The van der Waals surface area contributed by atoms with E-state index in [4.69, 9.17) is 0 Å². The summed E-state index contributed by atoms with van der Waals surface area (Å²) in [6.45, 7) is 5.90. The Kier molecular flexibility index (Phi) is 5.97. The van der Waals surface area contributed by atoms with Crippen molar-refractivity contribution >= 4 is 16.1 Å². The first-order valence-corrected chi connectivity index (χ1v) is 12.5. The Labute approximate surface area is 190 Å². The number of sulfonamides is 1. The van der Waals surface area contributed by atoms with E-state index in [1.165, 1.54) is 0 Å². The van der Waals surface area contributed by atoms with Gasteiger partial charge < -0.3 is 5.11 Å². The number of allylic oxidation sites excluding steroid dienone is 1. The van der Waals surface area contributed by atoms with Gasteiger partial charge in [0.05, 0.1) is 23.9 Å². The molecule has 1 saturated carbocycles. The fourth-order valence-electron chi connectivity index (χ4n) is 5.70. The lowest BCUT2D eigenvalue weighted by atomic mass is 9.59. The van der Waals surface area contributed by atoms with Crippen LogP contribution in [0.4, 0.5) is 0 Å². The second kappa shape index (κ2) is 8.43. The highest BCUT2D eigenvalue weighted by atomic mass is 32.2. The van der Waals surface area contributed by atoms with Gasteiger partial charge in [-0.25, -0.2) is 13.1 Å². The predicted molar refractivity (Wildman–Crippen MR) is 125 cm³/mol. The molecule has 4 rings (SSSR count). The van der Waals surface area contributed by atoms with Gasteiger partial charge in [-0.2, -0.15) is 5.26 Å². The number of aliphatic hydroxyl groups is 1. The van der Waals surface area contributed by atoms with Gasteiger partial charge in [0.2, 0.25) is 10.0 Å². The fourth-order valence-corrected chi connectivity index (χ4v) is 7.78. The van der Waals surface area contributed by atoms with Crippen molar-refractivity contribution in [1.82, 2.24) is 9.71 Å². The van der Waals surface area contributed by atoms with Crippen LogP contribution < -0.4 is 4.72 Å². The standard InChI is InChI=1S/C25H29N3O3S/c1-16-12-25(3)24(23(15-29)32(30,31)28-25)21(17(16)2)11-10-20-9-8-19(14-27-20)22-7-5-4-6-18(22)13-26/h4-11,14,16-17,21,23-24,28-29H,12,15H2,1-3H3/b11-10+/t16-,17+,21-,23+,24+,25+/m0/s1. The molecule has 7 heteroatoms. The van der Waals surface area contributed by atoms with Crippen molar-refractivity contribution in [1.29, 1.82) is 5.26 Å². The SMILES string of the molecule is C[C@H]1[C@H](/C=C/c2ccc(-c3ccccc3C#N)cn2)[C@@H]2[C@@H](CO)S(=O)(=O)N[C@]2(C)C[C@@H]1C. The van der Waals surface area contributed by atoms with Crippen LogP contribution in [-0.2, 0) is 10.0 Å². The summed E-state index contributed by atoms with van der Waals surface area (Å²) >= 11 is 0. The Morgan fingerprint density at radius 3 is 2.69 bits per heavy atom. The average molecular weight is 452 g/mol. The molecule has 2 N–H and O–H groups in total. The van der Waals surface area contributed by atoms with Crippen molar-refractivity contribution in [2.24, 2.45) is 23.7 Å². The van der Waals surface area contributed by atoms with Gasteiger partial charge in [-0.1, -0.05) is 44.2 Å². The van der Waals surface area contributed by atoms with E-state index in [0.29, 0.717) is 11.5 Å². The number of fused-ring (bicyclic) bond motifs is 1. The highest BCUT2D eigenvalue weighted by molar-refractivity contribution is 7.90. The molecule has 0 amide bonds. The van der Waals surface area contributed by atoms with E-state index in [1.54, 1.807) is 12.3 Å². The maximum atomic E-state index is 12.7. The normalized spacial score (nSPS) is 33.7. The number of nitrogens with zero attached hydrogens (tertiary/aromatic N) is 2. The molecule has 0 unspecified atom stereocenters. The van der Waals surface area contributed by atoms with Crippen LogP contribution in [-0.4, -0.2) is 35.9 Å². The lowest BCUT2D eigenvalue weighted by Crippen LogP contribution is -2.53. The molecule has 0 bridgehead atoms. The number of nitriles is 1. The number of hydrogen-bond acceptors (Lipinski definition) is 5. The third kappa shape index (κ3) is 3.88. The summed E-state index contributed by atoms with van der Waals surface area (Å²) in [5, 5.41) is 18.4. The molecule has 6 nitrogen and oxygen atoms in total. The van der Waals surface area contributed by atoms with Crippen LogP contribution in [0.1, 0.15) is 38.4 Å². The van der Waals surface area contributed by atoms with Crippen LogP contribution in [0.5, 0.6) is 0 Å². The summed E-state index contributed by atoms with van der Waals surface area (Å²) < 4.78 is 28.2. The van der Waals surface area contributed by atoms with Gasteiger partial charge >= 0.3 is 0 Å². The maximum absolute atomic E-state index is 12.7. The minimum absolute atomic E-state index is 0.00790. The van der Waals surface area contributed by atoms with Gasteiger partial charge in [0.15, 0.2) is 0 Å². The van der Waals surface area contributed by atoms with E-state index in [-0.39, 0.29) is 24.4 Å². The van der Waals surface area contributed by atoms with Gasteiger partial charge in [0.25, 0.3) is 0 Å². The second-order valence-corrected chi connectivity index (χ2v) is 11.3. The number of rotatable bonds is 4. The minimum Gasteiger partial charge on any atom is -0.395 e. The number of nitrogens with one attached hydrogen (secondary N) is 1. The first kappa shape index (κ1) is 22.7. The van der Waals surface area contributed by atoms with Crippen LogP contribution in [0.3, 0.4) is 0 Å². The van der Waals surface area contributed by atoms with Gasteiger partial charge in [0.1, 0.15) is 5.25 Å². The first-order valence-electron chi connectivity index (χ1n) is 11.0. The van der Waals surface area contributed by atoms with Gasteiger partial charge in [-0.15, -0.1) is 0 Å². The number of aliphatic hydroxyl groups excluding tert-OH is 1. The number of benzene rings is 1. The van der Waals surface area contributed by atoms with Crippen molar-refractivity contribution in [3.8, 4) is 17.2 Å². The van der Waals surface area contributed by atoms with E-state index in [9.17, 15) is 18.8 Å². The zero-order chi connectivity index (χ0) is 23.1. The van der Waals surface area contributed by atoms with Crippen molar-refractivity contribution < 1.29 is 13.5 Å². The highest BCUT2D eigenvalue weighted by Crippen LogP contribution is 2.51. The fraction of sp³-hybridized carbons (Fsp3) is 0.440. The molecular formula is C25H29N3O3S. The molecule has 6 atom stereocenters. The van der Waals surface area contributed by atoms with Crippen LogP contribution in [0, 0.1) is 35.0 Å². The Hall–Kier alpha value is -2.53. The van der Waals surface area contributed by atoms with Crippen LogP contribution in [0.15, 0.2) is 48.7 Å². The van der Waals surface area contributed by atoms with Crippen LogP contribution in [0.25, 0.3) is 17.2 Å². The molecule has 2 fully saturated rings. The Bertz CT molecular complexity index is 1170. The van der Waals surface area contributed by atoms with E-state index in [1.807, 2.05) is 43.3 Å². The summed E-state index contributed by atoms with van der Waals surface area (Å²) in [4.78, 5) is 4.55. The number of aromatic nitrogens is 1. The lowest BCUT2D eigenvalue weighted by Gasteiger charge is -2.47. The number of hydrogen-bond donors (Lipinski definition) is 2. The Morgan fingerprint density at radius 1 is 1.28 bits per heavy atom. The zero-order valence-electron chi connectivity index (χ0n) is 18.6. The monoisotopic (exact) mass is 451 g/mol. The number of pyridine rings is 1. The van der Waals surface area contributed by atoms with Crippen molar-refractivity contribution in [2.75, 3.05) is 6.61 Å². The highest BCUT2D eigenvalue weighted by Gasteiger charge is 2.59. The molecule has 1 aliphatic heterocycles. The maximum Gasteiger partial charge on any atom is 0.217 e. The Morgan fingerprint density at radius 2 is 2.03 bits per heavy atom. The smallest absolute Gasteiger partial charge is 0.217 e. The first-order chi connectivity index (χ1) is 15.2. The summed E-state index contributed by atoms with van der Waals surface area (Å²) in [5.74, 6) is 0.396. The molecule has 1 saturated heterocycles. The quantitative estimate of drug-likeness (QED) is 0.739. The molecule has 2 heterocycles. The van der Waals surface area contributed by atoms with Gasteiger partial charge in [-0.05, 0) is 49.3 Å². The summed E-state index contributed by atoms with van der Waals surface area (Å²) in [5.41, 5.74) is 2.52. The molecule has 1 aliphatic carbocycles. The van der Waals surface area contributed by atoms with Crippen molar-refractivity contribution in [3.05, 3.63) is 59.9 Å². The molecule has 168 valence electrons. The molecule has 32 heavy (non-hydrogen) atoms. The van der Waals surface area contributed by atoms with E-state index < -0.39 is 20.8 Å². The zero-order valence-corrected chi connectivity index (χ0v) is 19.4. The molecule has 1 aromatic heterocycles.